The molecule has 0 saturated carbocycles. The van der Waals surface area contributed by atoms with Gasteiger partial charge in [-0.05, 0) is 43.7 Å². The third-order valence-electron chi connectivity index (χ3n) is 3.88. The first-order chi connectivity index (χ1) is 11.4. The summed E-state index contributed by atoms with van der Waals surface area (Å²) in [7, 11) is 0. The van der Waals surface area contributed by atoms with Crippen molar-refractivity contribution in [2.24, 2.45) is 0 Å². The molecule has 2 heterocycles. The molecule has 0 radical (unpaired) electrons. The number of rotatable bonds is 3. The van der Waals surface area contributed by atoms with Crippen LogP contribution < -0.4 is 10.6 Å². The van der Waals surface area contributed by atoms with Gasteiger partial charge in [-0.2, -0.15) is 18.3 Å². The van der Waals surface area contributed by atoms with Crippen molar-refractivity contribution in [2.45, 2.75) is 25.1 Å². The average molecular weight is 338 g/mol. The van der Waals surface area contributed by atoms with E-state index < -0.39 is 11.9 Å². The van der Waals surface area contributed by atoms with Gasteiger partial charge in [-0.25, -0.2) is 4.68 Å². The minimum atomic E-state index is -4.49. The van der Waals surface area contributed by atoms with Crippen LogP contribution in [0.1, 0.15) is 28.9 Å². The number of carbonyl (C=O) groups is 1. The van der Waals surface area contributed by atoms with Gasteiger partial charge in [0.2, 0.25) is 0 Å². The Bertz CT molecular complexity index is 720. The van der Waals surface area contributed by atoms with Gasteiger partial charge in [0.15, 0.2) is 5.69 Å². The fraction of sp³-hybridized carbons (Fsp3) is 0.375. The van der Waals surface area contributed by atoms with E-state index in [0.717, 1.165) is 36.7 Å². The molecule has 0 spiro atoms. The van der Waals surface area contributed by atoms with Gasteiger partial charge >= 0.3 is 6.18 Å². The van der Waals surface area contributed by atoms with Crippen LogP contribution in [-0.2, 0) is 6.18 Å². The van der Waals surface area contributed by atoms with Crippen molar-refractivity contribution in [3.05, 3.63) is 47.8 Å². The van der Waals surface area contributed by atoms with Gasteiger partial charge in [0.05, 0.1) is 5.69 Å². The molecule has 0 bridgehead atoms. The van der Waals surface area contributed by atoms with Crippen molar-refractivity contribution in [3.63, 3.8) is 0 Å². The molecule has 5 nitrogen and oxygen atoms in total. The lowest BCUT2D eigenvalue weighted by Crippen LogP contribution is -2.45. The molecule has 1 aliphatic heterocycles. The number of aromatic nitrogens is 2. The van der Waals surface area contributed by atoms with Crippen LogP contribution >= 0.6 is 0 Å². The summed E-state index contributed by atoms with van der Waals surface area (Å²) >= 11 is 0. The van der Waals surface area contributed by atoms with Crippen molar-refractivity contribution in [1.82, 2.24) is 20.4 Å². The Morgan fingerprint density at radius 2 is 2.17 bits per heavy atom. The standard InChI is InChI=1S/C16H17F3N4O/c17-16(18,19)14-6-8-23(22-14)13-5-1-3-11(9-13)15(24)21-12-4-2-7-20-10-12/h1,3,5-6,8-9,12,20H,2,4,7,10H2,(H,21,24). The van der Waals surface area contributed by atoms with Crippen LogP contribution in [0.5, 0.6) is 0 Å². The van der Waals surface area contributed by atoms with Gasteiger partial charge in [-0.1, -0.05) is 6.07 Å². The van der Waals surface area contributed by atoms with Crippen LogP contribution in [0.3, 0.4) is 0 Å². The van der Waals surface area contributed by atoms with E-state index in [2.05, 4.69) is 15.7 Å². The molecule has 3 rings (SSSR count). The number of halogens is 3. The molecule has 8 heteroatoms. The van der Waals surface area contributed by atoms with Crippen LogP contribution in [0.4, 0.5) is 13.2 Å². The lowest BCUT2D eigenvalue weighted by Gasteiger charge is -2.23. The number of alkyl halides is 3. The van der Waals surface area contributed by atoms with Crippen molar-refractivity contribution in [3.8, 4) is 5.69 Å². The number of hydrogen-bond acceptors (Lipinski definition) is 3. The Kier molecular flexibility index (Phi) is 4.57. The Morgan fingerprint density at radius 3 is 2.83 bits per heavy atom. The molecule has 1 unspecified atom stereocenters. The molecule has 128 valence electrons. The smallest absolute Gasteiger partial charge is 0.348 e. The monoisotopic (exact) mass is 338 g/mol. The summed E-state index contributed by atoms with van der Waals surface area (Å²) in [5, 5.41) is 9.66. The summed E-state index contributed by atoms with van der Waals surface area (Å²) < 4.78 is 39.0. The first-order valence-electron chi connectivity index (χ1n) is 7.68. The Labute approximate surface area is 136 Å². The highest BCUT2D eigenvalue weighted by Gasteiger charge is 2.33. The second kappa shape index (κ2) is 6.64. The van der Waals surface area contributed by atoms with E-state index in [4.69, 9.17) is 0 Å². The molecule has 1 fully saturated rings. The number of carbonyl (C=O) groups excluding carboxylic acids is 1. The Hall–Kier alpha value is -2.35. The maximum absolute atomic E-state index is 12.6. The molecule has 1 saturated heterocycles. The number of amides is 1. The predicted molar refractivity (Wildman–Crippen MR) is 81.9 cm³/mol. The minimum absolute atomic E-state index is 0.0661. The lowest BCUT2D eigenvalue weighted by molar-refractivity contribution is -0.141. The van der Waals surface area contributed by atoms with Gasteiger partial charge in [0.25, 0.3) is 5.91 Å². The SMILES string of the molecule is O=C(NC1CCCNC1)c1cccc(-n2ccc(C(F)(F)F)n2)c1. The summed E-state index contributed by atoms with van der Waals surface area (Å²) in [4.78, 5) is 12.3. The maximum Gasteiger partial charge on any atom is 0.435 e. The molecule has 1 aromatic heterocycles. The van der Waals surface area contributed by atoms with Crippen molar-refractivity contribution in [2.75, 3.05) is 13.1 Å². The topological polar surface area (TPSA) is 59.0 Å². The largest absolute Gasteiger partial charge is 0.435 e. The first kappa shape index (κ1) is 16.5. The summed E-state index contributed by atoms with van der Waals surface area (Å²) in [6.07, 6.45) is -1.36. The molecule has 0 aliphatic carbocycles. The first-order valence-corrected chi connectivity index (χ1v) is 7.68. The fourth-order valence-corrected chi connectivity index (χ4v) is 2.65. The van der Waals surface area contributed by atoms with Crippen molar-refractivity contribution >= 4 is 5.91 Å². The molecule has 1 amide bonds. The third-order valence-corrected chi connectivity index (χ3v) is 3.88. The van der Waals surface area contributed by atoms with Gasteiger partial charge in [0, 0.05) is 24.3 Å². The van der Waals surface area contributed by atoms with E-state index in [1.165, 1.54) is 12.3 Å². The highest BCUT2D eigenvalue weighted by molar-refractivity contribution is 5.94. The molecule has 2 aromatic rings. The van der Waals surface area contributed by atoms with Gasteiger partial charge in [-0.3, -0.25) is 4.79 Å². The van der Waals surface area contributed by atoms with E-state index in [1.54, 1.807) is 18.2 Å². The second-order valence-corrected chi connectivity index (χ2v) is 5.71. The maximum atomic E-state index is 12.6. The zero-order valence-electron chi connectivity index (χ0n) is 12.8. The van der Waals surface area contributed by atoms with Crippen LogP contribution in [0, 0.1) is 0 Å². The highest BCUT2D eigenvalue weighted by atomic mass is 19.4. The van der Waals surface area contributed by atoms with Crippen molar-refractivity contribution < 1.29 is 18.0 Å². The summed E-state index contributed by atoms with van der Waals surface area (Å²) in [6, 6.07) is 7.35. The fourth-order valence-electron chi connectivity index (χ4n) is 2.65. The van der Waals surface area contributed by atoms with E-state index in [9.17, 15) is 18.0 Å². The van der Waals surface area contributed by atoms with Crippen LogP contribution in [0.2, 0.25) is 0 Å². The Balaban J connectivity index is 1.76. The zero-order valence-corrected chi connectivity index (χ0v) is 12.8. The van der Waals surface area contributed by atoms with E-state index in [0.29, 0.717) is 11.3 Å². The Morgan fingerprint density at radius 1 is 1.33 bits per heavy atom. The normalized spacial score (nSPS) is 18.4. The van der Waals surface area contributed by atoms with Crippen LogP contribution in [0.25, 0.3) is 5.69 Å². The number of piperidine rings is 1. The number of benzene rings is 1. The molecular weight excluding hydrogens is 321 g/mol. The van der Waals surface area contributed by atoms with Crippen LogP contribution in [0.15, 0.2) is 36.5 Å². The zero-order chi connectivity index (χ0) is 17.2. The number of hydrogen-bond donors (Lipinski definition) is 2. The summed E-state index contributed by atoms with van der Waals surface area (Å²) in [5.41, 5.74) is -0.173. The summed E-state index contributed by atoms with van der Waals surface area (Å²) in [6.45, 7) is 1.67. The quantitative estimate of drug-likeness (QED) is 0.903. The molecular formula is C16H17F3N4O. The molecule has 24 heavy (non-hydrogen) atoms. The molecule has 2 N–H and O–H groups in total. The van der Waals surface area contributed by atoms with Gasteiger partial charge in [0.1, 0.15) is 0 Å². The summed E-state index contributed by atoms with van der Waals surface area (Å²) in [5.74, 6) is -0.242. The number of nitrogens with zero attached hydrogens (tertiary/aromatic N) is 2. The average Bonchev–Trinajstić information content (AvgIpc) is 3.06. The third kappa shape index (κ3) is 3.76. The number of nitrogens with one attached hydrogen (secondary N) is 2. The van der Waals surface area contributed by atoms with Gasteiger partial charge < -0.3 is 10.6 Å². The minimum Gasteiger partial charge on any atom is -0.348 e. The molecule has 1 aromatic carbocycles. The highest BCUT2D eigenvalue weighted by Crippen LogP contribution is 2.27. The molecule has 1 aliphatic rings. The van der Waals surface area contributed by atoms with E-state index in [-0.39, 0.29) is 11.9 Å². The van der Waals surface area contributed by atoms with Crippen molar-refractivity contribution in [1.29, 1.82) is 0 Å². The lowest BCUT2D eigenvalue weighted by atomic mass is 10.1. The van der Waals surface area contributed by atoms with E-state index >= 15 is 0 Å². The van der Waals surface area contributed by atoms with Crippen LogP contribution in [-0.4, -0.2) is 34.8 Å². The molecule has 1 atom stereocenters. The van der Waals surface area contributed by atoms with Gasteiger partial charge in [-0.15, -0.1) is 0 Å². The predicted octanol–water partition coefficient (Wildman–Crippen LogP) is 2.37. The second-order valence-electron chi connectivity index (χ2n) is 5.71. The van der Waals surface area contributed by atoms with E-state index in [1.807, 2.05) is 0 Å².